The van der Waals surface area contributed by atoms with Gasteiger partial charge >= 0.3 is 0 Å². The third kappa shape index (κ3) is 6.08. The molecule has 1 N–H and O–H groups in total. The molecule has 0 saturated heterocycles. The van der Waals surface area contributed by atoms with Crippen molar-refractivity contribution in [3.63, 3.8) is 0 Å². The Bertz CT molecular complexity index is 1020. The number of rotatable bonds is 7. The topological polar surface area (TPSA) is 51.2 Å². The van der Waals surface area contributed by atoms with Crippen LogP contribution in [-0.4, -0.2) is 10.9 Å². The van der Waals surface area contributed by atoms with Crippen LogP contribution in [0, 0.1) is 5.92 Å². The lowest BCUT2D eigenvalue weighted by Crippen LogP contribution is -2.25. The van der Waals surface area contributed by atoms with Gasteiger partial charge in [0, 0.05) is 28.6 Å². The Morgan fingerprint density at radius 1 is 1.00 bits per heavy atom. The average molecular weight is 435 g/mol. The van der Waals surface area contributed by atoms with Crippen LogP contribution in [0.25, 0.3) is 0 Å². The van der Waals surface area contributed by atoms with Gasteiger partial charge in [0.05, 0.1) is 0 Å². The van der Waals surface area contributed by atoms with E-state index in [2.05, 4.69) is 10.3 Å². The van der Waals surface area contributed by atoms with Crippen LogP contribution in [0.2, 0.25) is 5.02 Å². The van der Waals surface area contributed by atoms with Gasteiger partial charge in [0.2, 0.25) is 5.91 Å². The number of pyridine rings is 1. The molecule has 0 unspecified atom stereocenters. The number of aromatic nitrogens is 1. The van der Waals surface area contributed by atoms with Crippen molar-refractivity contribution in [2.45, 2.75) is 45.1 Å². The molecule has 160 valence electrons. The first-order valence-corrected chi connectivity index (χ1v) is 11.3. The Hall–Kier alpha value is -2.85. The second kappa shape index (κ2) is 10.5. The normalized spacial score (nSPS) is 14.2. The fraction of sp³-hybridized carbons (Fsp3) is 0.308. The monoisotopic (exact) mass is 434 g/mol. The number of anilines is 1. The molecule has 0 atom stereocenters. The van der Waals surface area contributed by atoms with Gasteiger partial charge in [0.15, 0.2) is 0 Å². The minimum atomic E-state index is 0.0824. The molecule has 0 spiro atoms. The largest absolute Gasteiger partial charge is 0.489 e. The number of halogens is 1. The van der Waals surface area contributed by atoms with Crippen LogP contribution in [0.15, 0.2) is 66.7 Å². The zero-order valence-electron chi connectivity index (χ0n) is 17.5. The van der Waals surface area contributed by atoms with Gasteiger partial charge in [0.25, 0.3) is 0 Å². The summed E-state index contributed by atoms with van der Waals surface area (Å²) >= 11 is 6.25. The molecule has 1 aliphatic rings. The molecule has 31 heavy (non-hydrogen) atoms. The summed E-state index contributed by atoms with van der Waals surface area (Å²) < 4.78 is 6.07. The van der Waals surface area contributed by atoms with E-state index in [0.717, 1.165) is 48.3 Å². The molecule has 1 heterocycles. The van der Waals surface area contributed by atoms with E-state index in [1.807, 2.05) is 66.7 Å². The van der Waals surface area contributed by atoms with Crippen molar-refractivity contribution in [3.8, 4) is 5.75 Å². The quantitative estimate of drug-likeness (QED) is 0.466. The first-order valence-electron chi connectivity index (χ1n) is 10.9. The summed E-state index contributed by atoms with van der Waals surface area (Å²) in [4.78, 5) is 17.2. The number of hydrogen-bond donors (Lipinski definition) is 1. The summed E-state index contributed by atoms with van der Waals surface area (Å²) in [7, 11) is 0. The van der Waals surface area contributed by atoms with E-state index >= 15 is 0 Å². The number of nitrogens with zero attached hydrogens (tertiary/aromatic N) is 1. The highest BCUT2D eigenvalue weighted by Crippen LogP contribution is 2.27. The number of nitrogens with one attached hydrogen (secondary N) is 1. The van der Waals surface area contributed by atoms with Crippen molar-refractivity contribution in [2.24, 2.45) is 5.92 Å². The Labute approximate surface area is 188 Å². The van der Waals surface area contributed by atoms with E-state index in [4.69, 9.17) is 16.3 Å². The summed E-state index contributed by atoms with van der Waals surface area (Å²) in [5, 5.41) is 3.66. The Kier molecular flexibility index (Phi) is 7.21. The molecule has 4 nitrogen and oxygen atoms in total. The Balaban J connectivity index is 1.45. The molecule has 1 aromatic heterocycles. The highest BCUT2D eigenvalue weighted by molar-refractivity contribution is 6.30. The van der Waals surface area contributed by atoms with Crippen LogP contribution < -0.4 is 10.1 Å². The van der Waals surface area contributed by atoms with Crippen LogP contribution in [0.3, 0.4) is 0 Å². The van der Waals surface area contributed by atoms with Crippen LogP contribution in [0.5, 0.6) is 5.75 Å². The van der Waals surface area contributed by atoms with Crippen molar-refractivity contribution >= 4 is 23.3 Å². The van der Waals surface area contributed by atoms with Gasteiger partial charge < -0.3 is 10.1 Å². The number of carbonyl (C=O) groups excluding carboxylic acids is 1. The smallest absolute Gasteiger partial charge is 0.228 e. The Morgan fingerprint density at radius 3 is 2.61 bits per heavy atom. The second-order valence-electron chi connectivity index (χ2n) is 8.04. The van der Waals surface area contributed by atoms with E-state index in [9.17, 15) is 4.79 Å². The van der Waals surface area contributed by atoms with Crippen LogP contribution >= 0.6 is 11.6 Å². The average Bonchev–Trinajstić information content (AvgIpc) is 2.80. The molecule has 2 aromatic carbocycles. The van der Waals surface area contributed by atoms with Crippen molar-refractivity contribution in [2.75, 3.05) is 5.32 Å². The van der Waals surface area contributed by atoms with Gasteiger partial charge in [-0.3, -0.25) is 4.79 Å². The first-order chi connectivity index (χ1) is 15.2. The van der Waals surface area contributed by atoms with Gasteiger partial charge in [-0.05, 0) is 48.7 Å². The van der Waals surface area contributed by atoms with Crippen molar-refractivity contribution in [3.05, 3.63) is 88.6 Å². The van der Waals surface area contributed by atoms with Crippen LogP contribution in [0.1, 0.15) is 48.9 Å². The maximum Gasteiger partial charge on any atom is 0.228 e. The zero-order chi connectivity index (χ0) is 21.5. The molecule has 4 rings (SSSR count). The second-order valence-corrected chi connectivity index (χ2v) is 8.48. The third-order valence-corrected chi connectivity index (χ3v) is 5.90. The van der Waals surface area contributed by atoms with Crippen molar-refractivity contribution < 1.29 is 9.53 Å². The predicted octanol–water partition coefficient (Wildman–Crippen LogP) is 6.42. The lowest BCUT2D eigenvalue weighted by atomic mass is 9.89. The molecule has 1 saturated carbocycles. The molecule has 0 aliphatic heterocycles. The highest BCUT2D eigenvalue weighted by Gasteiger charge is 2.21. The fourth-order valence-corrected chi connectivity index (χ4v) is 4.19. The molecule has 0 bridgehead atoms. The lowest BCUT2D eigenvalue weighted by Gasteiger charge is -2.20. The van der Waals surface area contributed by atoms with E-state index < -0.39 is 0 Å². The Morgan fingerprint density at radius 2 is 1.81 bits per heavy atom. The molecule has 5 heteroatoms. The van der Waals surface area contributed by atoms with Gasteiger partial charge in [-0.15, -0.1) is 0 Å². The van der Waals surface area contributed by atoms with Gasteiger partial charge in [-0.25, -0.2) is 4.98 Å². The van der Waals surface area contributed by atoms with E-state index in [-0.39, 0.29) is 11.8 Å². The maximum absolute atomic E-state index is 12.6. The molecule has 1 aliphatic carbocycles. The van der Waals surface area contributed by atoms with E-state index in [0.29, 0.717) is 23.9 Å². The lowest BCUT2D eigenvalue weighted by molar-refractivity contribution is -0.120. The summed E-state index contributed by atoms with van der Waals surface area (Å²) in [6, 6.07) is 21.4. The predicted molar refractivity (Wildman–Crippen MR) is 124 cm³/mol. The minimum absolute atomic E-state index is 0.0824. The molecule has 0 radical (unpaired) electrons. The number of amides is 1. The first kappa shape index (κ1) is 21.4. The zero-order valence-corrected chi connectivity index (χ0v) is 18.3. The number of hydrogen-bond acceptors (Lipinski definition) is 3. The number of ether oxygens (including phenoxy) is 1. The minimum Gasteiger partial charge on any atom is -0.489 e. The number of carbonyl (C=O) groups is 1. The fourth-order valence-electron chi connectivity index (χ4n) is 4.00. The van der Waals surface area contributed by atoms with E-state index in [1.165, 1.54) is 6.42 Å². The molecule has 3 aromatic rings. The van der Waals surface area contributed by atoms with Gasteiger partial charge in [-0.1, -0.05) is 67.3 Å². The molecule has 1 fully saturated rings. The summed E-state index contributed by atoms with van der Waals surface area (Å²) in [6.45, 7) is 0.486. The molecular formula is C26H27ClN2O2. The highest BCUT2D eigenvalue weighted by atomic mass is 35.5. The van der Waals surface area contributed by atoms with Crippen LogP contribution in [0.4, 0.5) is 5.82 Å². The SMILES string of the molecule is O=C(Nc1cccc(Cc2cc(Cl)ccc2OCc2ccccc2)n1)C1CCCCC1. The standard InChI is InChI=1S/C26H27ClN2O2/c27-22-14-15-24(31-18-19-8-3-1-4-9-19)21(16-22)17-23-12-7-13-25(28-23)29-26(30)20-10-5-2-6-11-20/h1,3-4,7-9,12-16,20H,2,5-6,10-11,17-18H2,(H,28,29,30). The maximum atomic E-state index is 12.6. The molecule has 1 amide bonds. The van der Waals surface area contributed by atoms with E-state index in [1.54, 1.807) is 0 Å². The van der Waals surface area contributed by atoms with Crippen molar-refractivity contribution in [1.82, 2.24) is 4.98 Å². The van der Waals surface area contributed by atoms with Gasteiger partial charge in [0.1, 0.15) is 18.2 Å². The van der Waals surface area contributed by atoms with Gasteiger partial charge in [-0.2, -0.15) is 0 Å². The van der Waals surface area contributed by atoms with Crippen molar-refractivity contribution in [1.29, 1.82) is 0 Å². The van der Waals surface area contributed by atoms with Crippen LogP contribution in [-0.2, 0) is 17.8 Å². The summed E-state index contributed by atoms with van der Waals surface area (Å²) in [5.74, 6) is 1.57. The third-order valence-electron chi connectivity index (χ3n) is 5.67. The molecular weight excluding hydrogens is 408 g/mol. The number of benzene rings is 2. The summed E-state index contributed by atoms with van der Waals surface area (Å²) in [6.07, 6.45) is 5.99. The summed E-state index contributed by atoms with van der Waals surface area (Å²) in [5.41, 5.74) is 2.92.